The molecule has 0 bridgehead atoms. The van der Waals surface area contributed by atoms with Gasteiger partial charge in [-0.1, -0.05) is 11.6 Å². The Morgan fingerprint density at radius 1 is 1.21 bits per heavy atom. The number of hydrogen-bond acceptors (Lipinski definition) is 8. The highest BCUT2D eigenvalue weighted by Crippen LogP contribution is 2.39. The number of carboxylic acids is 1. The zero-order chi connectivity index (χ0) is 26.6. The maximum atomic E-state index is 14.5. The topological polar surface area (TPSA) is 120 Å². The van der Waals surface area contributed by atoms with Gasteiger partial charge in [-0.05, 0) is 30.3 Å². The fourth-order valence-electron chi connectivity index (χ4n) is 4.53. The third kappa shape index (κ3) is 5.85. The molecule has 1 fully saturated rings. The lowest BCUT2D eigenvalue weighted by Crippen LogP contribution is -2.54. The predicted octanol–water partition coefficient (Wildman–Crippen LogP) is 3.15. The van der Waals surface area contributed by atoms with E-state index in [0.29, 0.717) is 67.3 Å². The van der Waals surface area contributed by atoms with Gasteiger partial charge in [-0.3, -0.25) is 19.5 Å². The number of fused-ring (bicyclic) bond motifs is 1. The predicted molar refractivity (Wildman–Crippen MR) is 140 cm³/mol. The minimum absolute atomic E-state index is 0.207. The number of nitrogens with zero attached hydrogens (tertiary/aromatic N) is 4. The molecule has 1 aromatic carbocycles. The second-order valence-corrected chi connectivity index (χ2v) is 9.44. The Kier molecular flexibility index (Phi) is 7.68. The molecular formula is C26H26ClFN6O4. The van der Waals surface area contributed by atoms with Crippen LogP contribution < -0.4 is 20.3 Å². The molecule has 0 aliphatic carbocycles. The summed E-state index contributed by atoms with van der Waals surface area (Å²) in [6.07, 6.45) is 3.37. The molecule has 0 saturated carbocycles. The Morgan fingerprint density at radius 2 is 2.08 bits per heavy atom. The number of carbonyl (C=O) groups is 2. The van der Waals surface area contributed by atoms with Crippen LogP contribution in [0.1, 0.15) is 6.42 Å². The summed E-state index contributed by atoms with van der Waals surface area (Å²) in [6.45, 7) is 2.99. The van der Waals surface area contributed by atoms with Gasteiger partial charge < -0.3 is 25.4 Å². The highest BCUT2D eigenvalue weighted by atomic mass is 35.5. The standard InChI is InChI=1S/C26H26ClFN6O4/c27-16-1-2-19(28)18(11-16)20-13-22-23(14-31-20)38-10-9-34(22)17-3-5-30-24(12-17)32-25(35)4-7-33-8-6-29-21(15-33)26(36)37/h1-3,5,11-14,21,29H,4,6-10,15H2,(H,36,37)(H,30,32,35). The van der Waals surface area contributed by atoms with Gasteiger partial charge in [-0.25, -0.2) is 9.37 Å². The van der Waals surface area contributed by atoms with E-state index in [0.717, 1.165) is 5.69 Å². The van der Waals surface area contributed by atoms with Crippen LogP contribution in [0.15, 0.2) is 48.8 Å². The molecule has 3 aromatic rings. The molecule has 1 saturated heterocycles. The largest absolute Gasteiger partial charge is 0.488 e. The lowest BCUT2D eigenvalue weighted by Gasteiger charge is -2.31. The molecule has 3 N–H and O–H groups in total. The molecule has 0 radical (unpaired) electrons. The lowest BCUT2D eigenvalue weighted by molar-refractivity contribution is -0.140. The number of ether oxygens (including phenoxy) is 1. The van der Waals surface area contributed by atoms with Crippen molar-refractivity contribution in [3.63, 3.8) is 0 Å². The first kappa shape index (κ1) is 25.8. The van der Waals surface area contributed by atoms with Crippen LogP contribution in [-0.2, 0) is 9.59 Å². The normalized spacial score (nSPS) is 17.4. The maximum absolute atomic E-state index is 14.5. The first-order valence-electron chi connectivity index (χ1n) is 12.2. The van der Waals surface area contributed by atoms with Crippen molar-refractivity contribution in [2.45, 2.75) is 12.5 Å². The Labute approximate surface area is 223 Å². The lowest BCUT2D eigenvalue weighted by atomic mass is 10.1. The summed E-state index contributed by atoms with van der Waals surface area (Å²) in [5, 5.41) is 15.4. The number of nitrogens with one attached hydrogen (secondary N) is 2. The van der Waals surface area contributed by atoms with Crippen molar-refractivity contribution < 1.29 is 23.8 Å². The average molecular weight is 541 g/mol. The van der Waals surface area contributed by atoms with E-state index in [4.69, 9.17) is 16.3 Å². The van der Waals surface area contributed by atoms with Crippen LogP contribution in [0.5, 0.6) is 5.75 Å². The molecule has 198 valence electrons. The Hall–Kier alpha value is -3.80. The molecule has 10 nitrogen and oxygen atoms in total. The number of aromatic nitrogens is 2. The fourth-order valence-corrected chi connectivity index (χ4v) is 4.70. The summed E-state index contributed by atoms with van der Waals surface area (Å²) >= 11 is 6.08. The average Bonchev–Trinajstić information content (AvgIpc) is 2.93. The van der Waals surface area contributed by atoms with Gasteiger partial charge in [0.1, 0.15) is 24.3 Å². The number of carboxylic acid groups (broad SMARTS) is 1. The summed E-state index contributed by atoms with van der Waals surface area (Å²) in [7, 11) is 0. The van der Waals surface area contributed by atoms with Gasteiger partial charge in [0.15, 0.2) is 5.75 Å². The number of pyridine rings is 2. The monoisotopic (exact) mass is 540 g/mol. The number of halogens is 2. The molecule has 2 aliphatic heterocycles. The smallest absolute Gasteiger partial charge is 0.322 e. The number of anilines is 3. The van der Waals surface area contributed by atoms with E-state index < -0.39 is 17.8 Å². The molecule has 1 atom stereocenters. The van der Waals surface area contributed by atoms with Gasteiger partial charge >= 0.3 is 5.97 Å². The number of carbonyl (C=O) groups excluding carboxylic acids is 1. The van der Waals surface area contributed by atoms with Crippen molar-refractivity contribution in [2.75, 3.05) is 49.5 Å². The molecule has 2 aromatic heterocycles. The summed E-state index contributed by atoms with van der Waals surface area (Å²) in [4.78, 5) is 36.4. The first-order valence-corrected chi connectivity index (χ1v) is 12.6. The van der Waals surface area contributed by atoms with Gasteiger partial charge in [-0.15, -0.1) is 0 Å². The molecular weight excluding hydrogens is 515 g/mol. The van der Waals surface area contributed by atoms with Crippen molar-refractivity contribution in [3.05, 3.63) is 59.6 Å². The highest BCUT2D eigenvalue weighted by Gasteiger charge is 2.25. The van der Waals surface area contributed by atoms with Crippen LogP contribution in [0.4, 0.5) is 21.6 Å². The van der Waals surface area contributed by atoms with Crippen molar-refractivity contribution >= 4 is 40.7 Å². The number of amides is 1. The van der Waals surface area contributed by atoms with Crippen LogP contribution in [-0.4, -0.2) is 77.2 Å². The Morgan fingerprint density at radius 3 is 2.92 bits per heavy atom. The van der Waals surface area contributed by atoms with Gasteiger partial charge in [0.25, 0.3) is 0 Å². The molecule has 0 spiro atoms. The van der Waals surface area contributed by atoms with E-state index in [1.807, 2.05) is 15.9 Å². The number of aliphatic carboxylic acids is 1. The zero-order valence-corrected chi connectivity index (χ0v) is 21.1. The minimum atomic E-state index is -0.898. The fraction of sp³-hybridized carbons (Fsp3) is 0.308. The van der Waals surface area contributed by atoms with E-state index in [2.05, 4.69) is 20.6 Å². The second kappa shape index (κ2) is 11.3. The number of piperazine rings is 1. The molecule has 12 heteroatoms. The maximum Gasteiger partial charge on any atom is 0.322 e. The second-order valence-electron chi connectivity index (χ2n) is 9.00. The van der Waals surface area contributed by atoms with Crippen molar-refractivity contribution in [1.29, 1.82) is 0 Å². The van der Waals surface area contributed by atoms with E-state index in [1.54, 1.807) is 24.5 Å². The highest BCUT2D eigenvalue weighted by molar-refractivity contribution is 6.30. The molecule has 38 heavy (non-hydrogen) atoms. The Balaban J connectivity index is 1.29. The quantitative estimate of drug-likeness (QED) is 0.415. The minimum Gasteiger partial charge on any atom is -0.488 e. The van der Waals surface area contributed by atoms with Gasteiger partial charge in [0.2, 0.25) is 5.91 Å². The molecule has 2 aliphatic rings. The molecule has 1 unspecified atom stereocenters. The van der Waals surface area contributed by atoms with Crippen LogP contribution >= 0.6 is 11.6 Å². The van der Waals surface area contributed by atoms with Crippen LogP contribution in [0.3, 0.4) is 0 Å². The van der Waals surface area contributed by atoms with Crippen LogP contribution in [0.25, 0.3) is 11.3 Å². The van der Waals surface area contributed by atoms with Crippen LogP contribution in [0.2, 0.25) is 5.02 Å². The number of hydrogen-bond donors (Lipinski definition) is 3. The summed E-state index contributed by atoms with van der Waals surface area (Å²) in [5.74, 6) is -0.603. The van der Waals surface area contributed by atoms with E-state index >= 15 is 0 Å². The molecule has 4 heterocycles. The molecule has 5 rings (SSSR count). The van der Waals surface area contributed by atoms with Gasteiger partial charge in [0.05, 0.1) is 24.1 Å². The van der Waals surface area contributed by atoms with Crippen molar-refractivity contribution in [1.82, 2.24) is 20.2 Å². The number of rotatable bonds is 7. The summed E-state index contributed by atoms with van der Waals surface area (Å²) in [5.41, 5.74) is 2.18. The first-order chi connectivity index (χ1) is 18.4. The third-order valence-electron chi connectivity index (χ3n) is 6.45. The van der Waals surface area contributed by atoms with E-state index in [1.165, 1.54) is 18.2 Å². The van der Waals surface area contributed by atoms with E-state index in [-0.39, 0.29) is 17.9 Å². The van der Waals surface area contributed by atoms with Crippen LogP contribution in [0, 0.1) is 5.82 Å². The molecule has 1 amide bonds. The zero-order valence-electron chi connectivity index (χ0n) is 20.4. The van der Waals surface area contributed by atoms with Gasteiger partial charge in [-0.2, -0.15) is 0 Å². The summed E-state index contributed by atoms with van der Waals surface area (Å²) < 4.78 is 20.3. The Bertz CT molecular complexity index is 1360. The van der Waals surface area contributed by atoms with E-state index in [9.17, 15) is 19.1 Å². The van der Waals surface area contributed by atoms with Crippen molar-refractivity contribution in [3.8, 4) is 17.0 Å². The van der Waals surface area contributed by atoms with Gasteiger partial charge in [0, 0.05) is 61.1 Å². The summed E-state index contributed by atoms with van der Waals surface area (Å²) in [6, 6.07) is 9.01. The number of benzene rings is 1. The SMILES string of the molecule is O=C(CCN1CCNC(C(=O)O)C1)Nc1cc(N2CCOc3cnc(-c4cc(Cl)ccc4F)cc32)ccn1. The third-order valence-corrected chi connectivity index (χ3v) is 6.68. The van der Waals surface area contributed by atoms with Crippen molar-refractivity contribution in [2.24, 2.45) is 0 Å².